The van der Waals surface area contributed by atoms with Crippen LogP contribution in [0.2, 0.25) is 0 Å². The molecular weight excluding hydrogens is 274 g/mol. The Kier molecular flexibility index (Phi) is 13.7. The van der Waals surface area contributed by atoms with Gasteiger partial charge in [-0.1, -0.05) is 52.4 Å². The minimum Gasteiger partial charge on any atom is -0.550 e. The van der Waals surface area contributed by atoms with Gasteiger partial charge in [-0.25, -0.2) is 0 Å². The summed E-state index contributed by atoms with van der Waals surface area (Å²) in [5.41, 5.74) is 0. The zero-order valence-corrected chi connectivity index (χ0v) is 15.4. The van der Waals surface area contributed by atoms with E-state index in [1.165, 1.54) is 101 Å². The third-order valence-electron chi connectivity index (χ3n) is 4.74. The van der Waals surface area contributed by atoms with E-state index in [0.717, 1.165) is 6.92 Å². The smallest absolute Gasteiger partial charge is 0.0788 e. The second-order valence-electron chi connectivity index (χ2n) is 6.91. The summed E-state index contributed by atoms with van der Waals surface area (Å²) in [6.45, 7) is 11.5. The predicted octanol–water partition coefficient (Wildman–Crippen LogP) is 3.90. The number of unbranched alkanes of at least 4 members (excludes halogenated alkanes) is 7. The van der Waals surface area contributed by atoms with E-state index in [2.05, 4.69) is 13.8 Å². The molecule has 0 bridgehead atoms. The second kappa shape index (κ2) is 14.0. The van der Waals surface area contributed by atoms with Crippen LogP contribution in [-0.2, 0) is 4.79 Å². The first kappa shape index (κ1) is 21.4. The Morgan fingerprint density at radius 3 is 1.73 bits per heavy atom. The zero-order chi connectivity index (χ0) is 16.7. The fourth-order valence-corrected chi connectivity index (χ4v) is 3.46. The largest absolute Gasteiger partial charge is 0.550 e. The molecule has 1 aliphatic rings. The number of carbonyl (C=O) groups excluding carboxylic acids is 1. The van der Waals surface area contributed by atoms with Gasteiger partial charge in [0.2, 0.25) is 0 Å². The van der Waals surface area contributed by atoms with Crippen molar-refractivity contribution in [3.05, 3.63) is 0 Å². The van der Waals surface area contributed by atoms with Crippen molar-refractivity contribution in [3.63, 3.8) is 0 Å². The number of rotatable bonds is 11. The summed E-state index contributed by atoms with van der Waals surface area (Å²) in [6.07, 6.45) is 16.0. The molecule has 1 aliphatic heterocycles. The maximum atomic E-state index is 8.89. The summed E-state index contributed by atoms with van der Waals surface area (Å²) in [6, 6.07) is 0. The molecule has 1 rings (SSSR count). The van der Waals surface area contributed by atoms with Crippen molar-refractivity contribution in [3.8, 4) is 0 Å². The molecule has 0 aromatic carbocycles. The van der Waals surface area contributed by atoms with E-state index in [-0.39, 0.29) is 0 Å². The van der Waals surface area contributed by atoms with Crippen molar-refractivity contribution in [1.82, 2.24) is 0 Å². The molecule has 0 N–H and O–H groups in total. The highest BCUT2D eigenvalue weighted by Crippen LogP contribution is 2.22. The van der Waals surface area contributed by atoms with Crippen LogP contribution in [-0.4, -0.2) is 36.6 Å². The molecule has 0 aromatic rings. The van der Waals surface area contributed by atoms with Gasteiger partial charge >= 0.3 is 0 Å². The summed E-state index contributed by atoms with van der Waals surface area (Å²) in [4.78, 5) is 8.89. The number of carboxylic acid groups (broad SMARTS) is 1. The maximum Gasteiger partial charge on any atom is 0.0788 e. The molecule has 0 amide bonds. The standard InChI is InChI=1S/C17H36N.C2H4O2/c1-3-5-7-8-9-10-11-15-18(14-6-4-2)16-12-13-17-18;1-2(3)4/h3-17H2,1-2H3;1H3,(H,3,4)/q+1;/p-1. The van der Waals surface area contributed by atoms with Gasteiger partial charge in [-0.3, -0.25) is 0 Å². The Balaban J connectivity index is 0.000000980. The molecule has 0 aromatic heterocycles. The maximum absolute atomic E-state index is 8.89. The summed E-state index contributed by atoms with van der Waals surface area (Å²) in [5.74, 6) is -1.08. The third-order valence-corrected chi connectivity index (χ3v) is 4.74. The molecule has 132 valence electrons. The molecule has 0 spiro atoms. The Hall–Kier alpha value is -0.570. The van der Waals surface area contributed by atoms with Gasteiger partial charge < -0.3 is 14.4 Å². The van der Waals surface area contributed by atoms with E-state index in [4.69, 9.17) is 9.90 Å². The van der Waals surface area contributed by atoms with Crippen molar-refractivity contribution < 1.29 is 14.4 Å². The first-order valence-electron chi connectivity index (χ1n) is 9.59. The summed E-state index contributed by atoms with van der Waals surface area (Å²) in [5, 5.41) is 8.89. The van der Waals surface area contributed by atoms with E-state index < -0.39 is 5.97 Å². The Labute approximate surface area is 138 Å². The van der Waals surface area contributed by atoms with Crippen molar-refractivity contribution in [1.29, 1.82) is 0 Å². The number of likely N-dealkylation sites (tertiary alicyclic amines) is 1. The molecule has 1 heterocycles. The predicted molar refractivity (Wildman–Crippen MR) is 92.5 cm³/mol. The van der Waals surface area contributed by atoms with Gasteiger partial charge in [0.15, 0.2) is 0 Å². The number of aliphatic carboxylic acids is 1. The number of carboxylic acids is 1. The molecular formula is C19H39NO2. The van der Waals surface area contributed by atoms with Crippen LogP contribution in [0.3, 0.4) is 0 Å². The number of nitrogens with zero attached hydrogens (tertiary/aromatic N) is 1. The van der Waals surface area contributed by atoms with Crippen molar-refractivity contribution in [2.75, 3.05) is 26.2 Å². The average Bonchev–Trinajstić information content (AvgIpc) is 2.93. The molecule has 3 nitrogen and oxygen atoms in total. The van der Waals surface area contributed by atoms with Gasteiger partial charge in [0, 0.05) is 18.8 Å². The normalized spacial score (nSPS) is 16.1. The first-order valence-corrected chi connectivity index (χ1v) is 9.59. The third kappa shape index (κ3) is 12.0. The van der Waals surface area contributed by atoms with Gasteiger partial charge in [-0.05, 0) is 26.2 Å². The minimum absolute atomic E-state index is 0.972. The molecule has 0 aliphatic carbocycles. The van der Waals surface area contributed by atoms with E-state index in [0.29, 0.717) is 0 Å². The topological polar surface area (TPSA) is 40.1 Å². The molecule has 1 saturated heterocycles. The van der Waals surface area contributed by atoms with E-state index in [9.17, 15) is 0 Å². The van der Waals surface area contributed by atoms with Gasteiger partial charge in [0.05, 0.1) is 26.2 Å². The quantitative estimate of drug-likeness (QED) is 0.429. The monoisotopic (exact) mass is 313 g/mol. The lowest BCUT2D eigenvalue weighted by Gasteiger charge is -2.34. The number of carbonyl (C=O) groups is 1. The molecule has 3 heteroatoms. The van der Waals surface area contributed by atoms with Crippen LogP contribution in [0, 0.1) is 0 Å². The summed E-state index contributed by atoms with van der Waals surface area (Å²) in [7, 11) is 0. The summed E-state index contributed by atoms with van der Waals surface area (Å²) >= 11 is 0. The Bertz CT molecular complexity index is 256. The van der Waals surface area contributed by atoms with Gasteiger partial charge in [-0.2, -0.15) is 0 Å². The molecule has 0 radical (unpaired) electrons. The van der Waals surface area contributed by atoms with E-state index >= 15 is 0 Å². The van der Waals surface area contributed by atoms with Crippen LogP contribution in [0.1, 0.15) is 91.4 Å². The fraction of sp³-hybridized carbons (Fsp3) is 0.947. The van der Waals surface area contributed by atoms with Crippen LogP contribution in [0.15, 0.2) is 0 Å². The molecule has 22 heavy (non-hydrogen) atoms. The van der Waals surface area contributed by atoms with Gasteiger partial charge in [-0.15, -0.1) is 0 Å². The van der Waals surface area contributed by atoms with Crippen molar-refractivity contribution >= 4 is 5.97 Å². The minimum atomic E-state index is -1.08. The highest BCUT2D eigenvalue weighted by Gasteiger charge is 2.30. The van der Waals surface area contributed by atoms with E-state index in [1.807, 2.05) is 0 Å². The van der Waals surface area contributed by atoms with Crippen molar-refractivity contribution in [2.24, 2.45) is 0 Å². The van der Waals surface area contributed by atoms with Gasteiger partial charge in [0.1, 0.15) is 0 Å². The highest BCUT2D eigenvalue weighted by molar-refractivity contribution is 5.60. The van der Waals surface area contributed by atoms with Crippen LogP contribution in [0.5, 0.6) is 0 Å². The molecule has 0 saturated carbocycles. The number of hydrogen-bond donors (Lipinski definition) is 0. The fourth-order valence-electron chi connectivity index (χ4n) is 3.46. The van der Waals surface area contributed by atoms with Crippen LogP contribution in [0.4, 0.5) is 0 Å². The second-order valence-corrected chi connectivity index (χ2v) is 6.91. The number of quaternary nitrogens is 1. The summed E-state index contributed by atoms with van der Waals surface area (Å²) < 4.78 is 1.48. The zero-order valence-electron chi connectivity index (χ0n) is 15.4. The lowest BCUT2D eigenvalue weighted by molar-refractivity contribution is -0.917. The molecule has 1 fully saturated rings. The average molecular weight is 314 g/mol. The van der Waals surface area contributed by atoms with Crippen LogP contribution in [0.25, 0.3) is 0 Å². The lowest BCUT2D eigenvalue weighted by Crippen LogP contribution is -2.46. The van der Waals surface area contributed by atoms with Crippen LogP contribution < -0.4 is 5.11 Å². The van der Waals surface area contributed by atoms with E-state index in [1.54, 1.807) is 0 Å². The van der Waals surface area contributed by atoms with Crippen LogP contribution >= 0.6 is 0 Å². The Morgan fingerprint density at radius 1 is 0.818 bits per heavy atom. The lowest BCUT2D eigenvalue weighted by atomic mass is 10.1. The molecule has 0 atom stereocenters. The Morgan fingerprint density at radius 2 is 1.23 bits per heavy atom. The number of hydrogen-bond acceptors (Lipinski definition) is 2. The first-order chi connectivity index (χ1) is 10.6. The van der Waals surface area contributed by atoms with Gasteiger partial charge in [0.25, 0.3) is 0 Å². The molecule has 0 unspecified atom stereocenters. The highest BCUT2D eigenvalue weighted by atomic mass is 16.4. The van der Waals surface area contributed by atoms with Crippen molar-refractivity contribution in [2.45, 2.75) is 91.4 Å². The SMILES string of the molecule is CC(=O)[O-].CCCCCCCCC[N+]1(CCCC)CCCC1.